The quantitative estimate of drug-likeness (QED) is 0.708. The predicted molar refractivity (Wildman–Crippen MR) is 69.6 cm³/mol. The second-order valence-corrected chi connectivity index (χ2v) is 4.15. The van der Waals surface area contributed by atoms with Crippen LogP contribution in [0.3, 0.4) is 0 Å². The van der Waals surface area contributed by atoms with Crippen molar-refractivity contribution in [2.24, 2.45) is 0 Å². The summed E-state index contributed by atoms with van der Waals surface area (Å²) in [4.78, 5) is 8.23. The largest absolute Gasteiger partial charge is 0.261 e. The van der Waals surface area contributed by atoms with Crippen LogP contribution in [0.5, 0.6) is 0 Å². The van der Waals surface area contributed by atoms with E-state index >= 15 is 0 Å². The predicted octanol–water partition coefficient (Wildman–Crippen LogP) is 2.98. The van der Waals surface area contributed by atoms with E-state index in [1.807, 2.05) is 36.5 Å². The Morgan fingerprint density at radius 3 is 2.78 bits per heavy atom. The summed E-state index contributed by atoms with van der Waals surface area (Å²) in [6.45, 7) is 0. The van der Waals surface area contributed by atoms with Crippen LogP contribution < -0.4 is 0 Å². The summed E-state index contributed by atoms with van der Waals surface area (Å²) in [5.41, 5.74) is 2.44. The third-order valence-electron chi connectivity index (χ3n) is 2.49. The van der Waals surface area contributed by atoms with E-state index in [1.165, 1.54) is 0 Å². The second kappa shape index (κ2) is 4.58. The fraction of sp³-hybridized carbons (Fsp3) is 0. The monoisotopic (exact) mass is 256 g/mol. The number of hydrogen-bond acceptors (Lipinski definition) is 3. The summed E-state index contributed by atoms with van der Waals surface area (Å²) < 4.78 is 1.76. The smallest absolute Gasteiger partial charge is 0.113 e. The molecule has 0 aliphatic heterocycles. The molecule has 5 heteroatoms. The minimum absolute atomic E-state index is 0.684. The summed E-state index contributed by atoms with van der Waals surface area (Å²) in [7, 11) is 0. The Labute approximate surface area is 109 Å². The molecular formula is C13H9ClN4. The van der Waals surface area contributed by atoms with Gasteiger partial charge in [0, 0.05) is 23.6 Å². The highest BCUT2D eigenvalue weighted by Gasteiger charge is 2.04. The minimum atomic E-state index is 0.684. The molecule has 4 nitrogen and oxygen atoms in total. The van der Waals surface area contributed by atoms with Gasteiger partial charge in [0.15, 0.2) is 0 Å². The summed E-state index contributed by atoms with van der Waals surface area (Å²) in [6, 6.07) is 9.42. The van der Waals surface area contributed by atoms with Gasteiger partial charge in [-0.05, 0) is 24.3 Å². The zero-order chi connectivity index (χ0) is 12.4. The lowest BCUT2D eigenvalue weighted by molar-refractivity contribution is 0.882. The van der Waals surface area contributed by atoms with Crippen LogP contribution in [0.1, 0.15) is 0 Å². The molecule has 0 aliphatic rings. The molecular weight excluding hydrogens is 248 g/mol. The van der Waals surface area contributed by atoms with Crippen LogP contribution >= 0.6 is 11.6 Å². The Morgan fingerprint density at radius 1 is 1.06 bits per heavy atom. The van der Waals surface area contributed by atoms with Crippen LogP contribution in [0.25, 0.3) is 17.1 Å². The van der Waals surface area contributed by atoms with Crippen LogP contribution in [0.2, 0.25) is 5.02 Å². The lowest BCUT2D eigenvalue weighted by Crippen LogP contribution is -1.95. The SMILES string of the molecule is Clc1cccc(-n2ccc(-c3cnccn3)n2)c1. The van der Waals surface area contributed by atoms with E-state index in [4.69, 9.17) is 11.6 Å². The van der Waals surface area contributed by atoms with Crippen molar-refractivity contribution in [2.75, 3.05) is 0 Å². The molecule has 0 saturated heterocycles. The van der Waals surface area contributed by atoms with Gasteiger partial charge in [-0.2, -0.15) is 5.10 Å². The first-order valence-corrected chi connectivity index (χ1v) is 5.79. The van der Waals surface area contributed by atoms with Crippen molar-refractivity contribution < 1.29 is 0 Å². The van der Waals surface area contributed by atoms with Gasteiger partial charge in [-0.25, -0.2) is 4.68 Å². The molecule has 1 aromatic carbocycles. The van der Waals surface area contributed by atoms with Crippen molar-refractivity contribution in [3.8, 4) is 17.1 Å². The van der Waals surface area contributed by atoms with Crippen LogP contribution in [0.4, 0.5) is 0 Å². The zero-order valence-corrected chi connectivity index (χ0v) is 10.1. The van der Waals surface area contributed by atoms with E-state index < -0.39 is 0 Å². The lowest BCUT2D eigenvalue weighted by atomic mass is 10.3. The third-order valence-corrected chi connectivity index (χ3v) is 2.72. The van der Waals surface area contributed by atoms with Crippen molar-refractivity contribution >= 4 is 11.6 Å². The second-order valence-electron chi connectivity index (χ2n) is 3.72. The first-order chi connectivity index (χ1) is 8.83. The molecule has 0 spiro atoms. The van der Waals surface area contributed by atoms with Gasteiger partial charge in [-0.3, -0.25) is 9.97 Å². The Hall–Kier alpha value is -2.20. The molecule has 0 fully saturated rings. The fourth-order valence-electron chi connectivity index (χ4n) is 1.65. The summed E-state index contributed by atoms with van der Waals surface area (Å²) in [5, 5.41) is 5.13. The maximum atomic E-state index is 5.96. The number of halogens is 1. The topological polar surface area (TPSA) is 43.6 Å². The Kier molecular flexibility index (Phi) is 2.78. The van der Waals surface area contributed by atoms with E-state index in [-0.39, 0.29) is 0 Å². The standard InChI is InChI=1S/C13H9ClN4/c14-10-2-1-3-11(8-10)18-7-4-12(17-18)13-9-15-5-6-16-13/h1-9H. The van der Waals surface area contributed by atoms with Crippen molar-refractivity contribution in [1.29, 1.82) is 0 Å². The number of nitrogens with zero attached hydrogens (tertiary/aromatic N) is 4. The van der Waals surface area contributed by atoms with Gasteiger partial charge in [0.2, 0.25) is 0 Å². The number of aromatic nitrogens is 4. The molecule has 0 aliphatic carbocycles. The molecule has 0 saturated carbocycles. The average molecular weight is 257 g/mol. The molecule has 0 radical (unpaired) electrons. The van der Waals surface area contributed by atoms with Crippen molar-refractivity contribution in [3.05, 3.63) is 60.1 Å². The Balaban J connectivity index is 2.00. The van der Waals surface area contributed by atoms with Gasteiger partial charge in [0.1, 0.15) is 11.4 Å². The maximum Gasteiger partial charge on any atom is 0.113 e. The minimum Gasteiger partial charge on any atom is -0.261 e. The van der Waals surface area contributed by atoms with Crippen LogP contribution in [-0.2, 0) is 0 Å². The summed E-state index contributed by atoms with van der Waals surface area (Å²) >= 11 is 5.96. The van der Waals surface area contributed by atoms with E-state index in [1.54, 1.807) is 23.3 Å². The average Bonchev–Trinajstić information content (AvgIpc) is 2.89. The van der Waals surface area contributed by atoms with Crippen molar-refractivity contribution in [3.63, 3.8) is 0 Å². The molecule has 0 atom stereocenters. The molecule has 3 aromatic rings. The van der Waals surface area contributed by atoms with Gasteiger partial charge in [0.25, 0.3) is 0 Å². The van der Waals surface area contributed by atoms with Gasteiger partial charge in [-0.15, -0.1) is 0 Å². The molecule has 0 bridgehead atoms. The van der Waals surface area contributed by atoms with Gasteiger partial charge in [-0.1, -0.05) is 17.7 Å². The number of rotatable bonds is 2. The highest BCUT2D eigenvalue weighted by Crippen LogP contribution is 2.17. The maximum absolute atomic E-state index is 5.96. The van der Waals surface area contributed by atoms with Crippen molar-refractivity contribution in [1.82, 2.24) is 19.7 Å². The number of hydrogen-bond donors (Lipinski definition) is 0. The van der Waals surface area contributed by atoms with Gasteiger partial charge in [0.05, 0.1) is 11.9 Å². The lowest BCUT2D eigenvalue weighted by Gasteiger charge is -2.01. The molecule has 0 unspecified atom stereocenters. The molecule has 0 amide bonds. The van der Waals surface area contributed by atoms with Gasteiger partial charge >= 0.3 is 0 Å². The summed E-state index contributed by atoms with van der Waals surface area (Å²) in [6.07, 6.45) is 6.84. The van der Waals surface area contributed by atoms with E-state index in [0.717, 1.165) is 17.1 Å². The Bertz CT molecular complexity index is 664. The van der Waals surface area contributed by atoms with Crippen LogP contribution in [-0.4, -0.2) is 19.7 Å². The molecule has 88 valence electrons. The zero-order valence-electron chi connectivity index (χ0n) is 9.36. The molecule has 2 heterocycles. The highest BCUT2D eigenvalue weighted by molar-refractivity contribution is 6.30. The fourth-order valence-corrected chi connectivity index (χ4v) is 1.84. The number of benzene rings is 1. The molecule has 3 rings (SSSR count). The van der Waals surface area contributed by atoms with E-state index in [9.17, 15) is 0 Å². The van der Waals surface area contributed by atoms with Crippen LogP contribution in [0.15, 0.2) is 55.1 Å². The van der Waals surface area contributed by atoms with E-state index in [2.05, 4.69) is 15.1 Å². The highest BCUT2D eigenvalue weighted by atomic mass is 35.5. The van der Waals surface area contributed by atoms with Crippen LogP contribution in [0, 0.1) is 0 Å². The first kappa shape index (κ1) is 10.9. The van der Waals surface area contributed by atoms with Crippen molar-refractivity contribution in [2.45, 2.75) is 0 Å². The molecule has 0 N–H and O–H groups in total. The normalized spacial score (nSPS) is 10.5. The molecule has 18 heavy (non-hydrogen) atoms. The first-order valence-electron chi connectivity index (χ1n) is 5.41. The third kappa shape index (κ3) is 2.10. The molecule has 2 aromatic heterocycles. The van der Waals surface area contributed by atoms with Gasteiger partial charge < -0.3 is 0 Å². The Morgan fingerprint density at radius 2 is 2.00 bits per heavy atom. The summed E-state index contributed by atoms with van der Waals surface area (Å²) in [5.74, 6) is 0. The van der Waals surface area contributed by atoms with E-state index in [0.29, 0.717) is 5.02 Å².